The van der Waals surface area contributed by atoms with Crippen LogP contribution in [0.4, 0.5) is 0 Å². The van der Waals surface area contributed by atoms with Crippen molar-refractivity contribution in [1.82, 2.24) is 0 Å². The lowest BCUT2D eigenvalue weighted by atomic mass is 10.1. The Balaban J connectivity index is 2.99. The number of benzene rings is 1. The lowest BCUT2D eigenvalue weighted by Gasteiger charge is -1.99. The fourth-order valence-corrected chi connectivity index (χ4v) is 1.53. The molecule has 1 aromatic rings. The third-order valence-electron chi connectivity index (χ3n) is 1.80. The van der Waals surface area contributed by atoms with Crippen LogP contribution in [0.25, 0.3) is 0 Å². The SMILES string of the molecule is CC(=O)c1cc(C#CCCBr)ccc1Cl. The van der Waals surface area contributed by atoms with E-state index in [0.29, 0.717) is 10.6 Å². The summed E-state index contributed by atoms with van der Waals surface area (Å²) in [5, 5.41) is 1.33. The van der Waals surface area contributed by atoms with Crippen molar-refractivity contribution >= 4 is 33.3 Å². The summed E-state index contributed by atoms with van der Waals surface area (Å²) in [5.74, 6) is 5.93. The van der Waals surface area contributed by atoms with E-state index in [0.717, 1.165) is 17.3 Å². The molecule has 1 aromatic carbocycles. The number of rotatable bonds is 2. The van der Waals surface area contributed by atoms with Gasteiger partial charge in [0.25, 0.3) is 0 Å². The Labute approximate surface area is 103 Å². The number of carbonyl (C=O) groups excluding carboxylic acids is 1. The molecule has 0 atom stereocenters. The Morgan fingerprint density at radius 3 is 2.87 bits per heavy atom. The first-order chi connectivity index (χ1) is 7.15. The minimum atomic E-state index is -0.0378. The van der Waals surface area contributed by atoms with Gasteiger partial charge in [0, 0.05) is 22.9 Å². The van der Waals surface area contributed by atoms with Crippen molar-refractivity contribution < 1.29 is 4.79 Å². The molecule has 15 heavy (non-hydrogen) atoms. The van der Waals surface area contributed by atoms with Crippen molar-refractivity contribution in [1.29, 1.82) is 0 Å². The molecule has 0 radical (unpaired) electrons. The minimum Gasteiger partial charge on any atom is -0.294 e. The van der Waals surface area contributed by atoms with Gasteiger partial charge < -0.3 is 0 Å². The van der Waals surface area contributed by atoms with E-state index < -0.39 is 0 Å². The molecule has 0 heterocycles. The molecule has 1 rings (SSSR count). The number of Topliss-reactive ketones (excluding diaryl/α,β-unsaturated/α-hetero) is 1. The number of hydrogen-bond acceptors (Lipinski definition) is 1. The summed E-state index contributed by atoms with van der Waals surface area (Å²) in [6.07, 6.45) is 0.790. The van der Waals surface area contributed by atoms with Gasteiger partial charge in [0.05, 0.1) is 5.02 Å². The van der Waals surface area contributed by atoms with E-state index in [-0.39, 0.29) is 5.78 Å². The Morgan fingerprint density at radius 2 is 2.27 bits per heavy atom. The quantitative estimate of drug-likeness (QED) is 0.460. The molecule has 3 heteroatoms. The molecule has 0 spiro atoms. The first-order valence-corrected chi connectivity index (χ1v) is 6.00. The van der Waals surface area contributed by atoms with Gasteiger partial charge in [-0.3, -0.25) is 4.79 Å². The number of hydrogen-bond donors (Lipinski definition) is 0. The molecule has 0 bridgehead atoms. The fourth-order valence-electron chi connectivity index (χ4n) is 1.08. The lowest BCUT2D eigenvalue weighted by Crippen LogP contribution is -1.93. The van der Waals surface area contributed by atoms with Gasteiger partial charge in [-0.25, -0.2) is 0 Å². The van der Waals surface area contributed by atoms with Crippen LogP contribution in [-0.4, -0.2) is 11.1 Å². The Kier molecular flexibility index (Phi) is 4.87. The Bertz CT molecular complexity index is 429. The van der Waals surface area contributed by atoms with Crippen molar-refractivity contribution in [2.75, 3.05) is 5.33 Å². The first kappa shape index (κ1) is 12.3. The molecule has 78 valence electrons. The van der Waals surface area contributed by atoms with Gasteiger partial charge in [-0.05, 0) is 25.1 Å². The third-order valence-corrected chi connectivity index (χ3v) is 2.52. The Morgan fingerprint density at radius 1 is 1.53 bits per heavy atom. The van der Waals surface area contributed by atoms with Gasteiger partial charge in [0.2, 0.25) is 0 Å². The zero-order chi connectivity index (χ0) is 11.3. The lowest BCUT2D eigenvalue weighted by molar-refractivity contribution is 0.101. The normalized spacial score (nSPS) is 9.27. The van der Waals surface area contributed by atoms with Gasteiger partial charge in [-0.15, -0.1) is 0 Å². The van der Waals surface area contributed by atoms with E-state index in [1.165, 1.54) is 6.92 Å². The van der Waals surface area contributed by atoms with E-state index in [4.69, 9.17) is 11.6 Å². The number of halogens is 2. The summed E-state index contributed by atoms with van der Waals surface area (Å²) in [6.45, 7) is 1.50. The highest BCUT2D eigenvalue weighted by Crippen LogP contribution is 2.17. The van der Waals surface area contributed by atoms with E-state index >= 15 is 0 Å². The van der Waals surface area contributed by atoms with Crippen LogP contribution in [0.2, 0.25) is 5.02 Å². The third kappa shape index (κ3) is 3.70. The molecule has 1 nitrogen and oxygen atoms in total. The predicted octanol–water partition coefficient (Wildman–Crippen LogP) is 3.68. The molecule has 0 aromatic heterocycles. The molecule has 0 amide bonds. The number of alkyl halides is 1. The second kappa shape index (κ2) is 5.95. The average molecular weight is 286 g/mol. The van der Waals surface area contributed by atoms with Gasteiger partial charge >= 0.3 is 0 Å². The molecule has 0 unspecified atom stereocenters. The van der Waals surface area contributed by atoms with Crippen molar-refractivity contribution in [2.24, 2.45) is 0 Å². The van der Waals surface area contributed by atoms with Crippen LogP contribution < -0.4 is 0 Å². The highest BCUT2D eigenvalue weighted by Gasteiger charge is 2.05. The van der Waals surface area contributed by atoms with Crippen molar-refractivity contribution in [2.45, 2.75) is 13.3 Å². The largest absolute Gasteiger partial charge is 0.294 e. The molecule has 0 saturated carbocycles. The molecule has 0 aliphatic carbocycles. The second-order valence-corrected chi connectivity index (χ2v) is 4.19. The maximum atomic E-state index is 11.2. The van der Waals surface area contributed by atoms with Gasteiger partial charge in [-0.1, -0.05) is 39.4 Å². The van der Waals surface area contributed by atoms with Crippen LogP contribution in [0.15, 0.2) is 18.2 Å². The van der Waals surface area contributed by atoms with Crippen molar-refractivity contribution in [3.63, 3.8) is 0 Å². The number of carbonyl (C=O) groups is 1. The second-order valence-electron chi connectivity index (χ2n) is 2.99. The van der Waals surface area contributed by atoms with Gasteiger partial charge in [0.1, 0.15) is 0 Å². The topological polar surface area (TPSA) is 17.1 Å². The molecule has 0 N–H and O–H groups in total. The molecule has 0 aliphatic rings. The number of ketones is 1. The maximum absolute atomic E-state index is 11.2. The highest BCUT2D eigenvalue weighted by molar-refractivity contribution is 9.09. The molecular weight excluding hydrogens is 275 g/mol. The molecular formula is C12H10BrClO. The standard InChI is InChI=1S/C12H10BrClO/c1-9(15)11-8-10(4-2-3-7-13)5-6-12(11)14/h5-6,8H,3,7H2,1H3. The smallest absolute Gasteiger partial charge is 0.161 e. The molecule has 0 fully saturated rings. The van der Waals surface area contributed by atoms with E-state index in [1.54, 1.807) is 12.1 Å². The van der Waals surface area contributed by atoms with E-state index in [2.05, 4.69) is 27.8 Å². The van der Waals surface area contributed by atoms with Crippen LogP contribution in [0.3, 0.4) is 0 Å². The van der Waals surface area contributed by atoms with Crippen LogP contribution in [0, 0.1) is 11.8 Å². The Hall–Kier alpha value is -0.780. The van der Waals surface area contributed by atoms with Gasteiger partial charge in [0.15, 0.2) is 5.78 Å². The first-order valence-electron chi connectivity index (χ1n) is 4.50. The summed E-state index contributed by atoms with van der Waals surface area (Å²) < 4.78 is 0. The van der Waals surface area contributed by atoms with E-state index in [9.17, 15) is 4.79 Å². The zero-order valence-corrected chi connectivity index (χ0v) is 10.7. The van der Waals surface area contributed by atoms with Crippen molar-refractivity contribution in [3.8, 4) is 11.8 Å². The van der Waals surface area contributed by atoms with E-state index in [1.807, 2.05) is 6.07 Å². The average Bonchev–Trinajstić information content (AvgIpc) is 2.20. The van der Waals surface area contributed by atoms with Crippen molar-refractivity contribution in [3.05, 3.63) is 34.3 Å². The summed E-state index contributed by atoms with van der Waals surface area (Å²) in [6, 6.07) is 5.25. The fraction of sp³-hybridized carbons (Fsp3) is 0.250. The summed E-state index contributed by atoms with van der Waals surface area (Å²) >= 11 is 9.17. The van der Waals surface area contributed by atoms with Crippen LogP contribution in [0.1, 0.15) is 29.3 Å². The maximum Gasteiger partial charge on any atom is 0.161 e. The zero-order valence-electron chi connectivity index (χ0n) is 8.31. The summed E-state index contributed by atoms with van der Waals surface area (Å²) in [4.78, 5) is 11.2. The van der Waals surface area contributed by atoms with Crippen LogP contribution in [-0.2, 0) is 0 Å². The van der Waals surface area contributed by atoms with Gasteiger partial charge in [-0.2, -0.15) is 0 Å². The van der Waals surface area contributed by atoms with Crippen LogP contribution >= 0.6 is 27.5 Å². The summed E-state index contributed by atoms with van der Waals surface area (Å²) in [5.41, 5.74) is 1.35. The highest BCUT2D eigenvalue weighted by atomic mass is 79.9. The van der Waals surface area contributed by atoms with Crippen LogP contribution in [0.5, 0.6) is 0 Å². The summed E-state index contributed by atoms with van der Waals surface area (Å²) in [7, 11) is 0. The molecule has 0 saturated heterocycles. The predicted molar refractivity (Wildman–Crippen MR) is 66.7 cm³/mol. The monoisotopic (exact) mass is 284 g/mol. The minimum absolute atomic E-state index is 0.0378. The molecule has 0 aliphatic heterocycles.